The van der Waals surface area contributed by atoms with Gasteiger partial charge < -0.3 is 15.0 Å². The molecule has 5 heteroatoms. The SMILES string of the molecule is COc1ccccc1CC(=O)N1CCC[C@@H](CNC(=O)C(C)C)C1. The summed E-state index contributed by atoms with van der Waals surface area (Å²) >= 11 is 0. The number of ether oxygens (including phenoxy) is 1. The quantitative estimate of drug-likeness (QED) is 0.869. The van der Waals surface area contributed by atoms with E-state index in [4.69, 9.17) is 4.74 Å². The number of carbonyl (C=O) groups is 2. The molecule has 0 aromatic heterocycles. The fraction of sp³-hybridized carbons (Fsp3) is 0.579. The molecule has 0 saturated carbocycles. The number of para-hydroxylation sites is 1. The molecule has 0 aliphatic carbocycles. The highest BCUT2D eigenvalue weighted by molar-refractivity contribution is 5.80. The number of likely N-dealkylation sites (tertiary alicyclic amines) is 1. The number of nitrogens with one attached hydrogen (secondary N) is 1. The van der Waals surface area contributed by atoms with Gasteiger partial charge in [0.2, 0.25) is 11.8 Å². The molecule has 2 amide bonds. The number of rotatable bonds is 6. The first-order valence-electron chi connectivity index (χ1n) is 8.68. The molecule has 0 spiro atoms. The molecule has 2 rings (SSSR count). The zero-order chi connectivity index (χ0) is 17.5. The molecular formula is C19H28N2O3. The topological polar surface area (TPSA) is 58.6 Å². The molecule has 1 heterocycles. The molecule has 1 aliphatic heterocycles. The Bertz CT molecular complexity index is 571. The van der Waals surface area contributed by atoms with E-state index in [0.717, 1.165) is 30.7 Å². The van der Waals surface area contributed by atoms with Gasteiger partial charge in [-0.3, -0.25) is 9.59 Å². The van der Waals surface area contributed by atoms with Crippen LogP contribution in [0.15, 0.2) is 24.3 Å². The van der Waals surface area contributed by atoms with Gasteiger partial charge in [-0.05, 0) is 24.8 Å². The molecule has 1 aliphatic rings. The van der Waals surface area contributed by atoms with E-state index in [-0.39, 0.29) is 17.7 Å². The molecule has 1 aromatic carbocycles. The van der Waals surface area contributed by atoms with Gasteiger partial charge in [0, 0.05) is 31.1 Å². The second kappa shape index (κ2) is 8.71. The van der Waals surface area contributed by atoms with Crippen molar-refractivity contribution in [2.45, 2.75) is 33.1 Å². The minimum Gasteiger partial charge on any atom is -0.496 e. The van der Waals surface area contributed by atoms with E-state index in [1.807, 2.05) is 43.0 Å². The van der Waals surface area contributed by atoms with Crippen LogP contribution in [0, 0.1) is 11.8 Å². The lowest BCUT2D eigenvalue weighted by molar-refractivity contribution is -0.132. The highest BCUT2D eigenvalue weighted by atomic mass is 16.5. The third-order valence-corrected chi connectivity index (χ3v) is 4.50. The summed E-state index contributed by atoms with van der Waals surface area (Å²) in [6.07, 6.45) is 2.39. The Morgan fingerprint density at radius 3 is 2.79 bits per heavy atom. The fourth-order valence-electron chi connectivity index (χ4n) is 3.03. The van der Waals surface area contributed by atoms with Crippen molar-refractivity contribution in [3.8, 4) is 5.75 Å². The summed E-state index contributed by atoms with van der Waals surface area (Å²) in [6, 6.07) is 7.64. The van der Waals surface area contributed by atoms with Gasteiger partial charge in [0.25, 0.3) is 0 Å². The zero-order valence-corrected chi connectivity index (χ0v) is 14.9. The van der Waals surface area contributed by atoms with E-state index in [0.29, 0.717) is 25.4 Å². The molecule has 1 N–H and O–H groups in total. The van der Waals surface area contributed by atoms with Crippen molar-refractivity contribution in [2.75, 3.05) is 26.7 Å². The summed E-state index contributed by atoms with van der Waals surface area (Å²) in [5.41, 5.74) is 0.917. The highest BCUT2D eigenvalue weighted by Gasteiger charge is 2.24. The van der Waals surface area contributed by atoms with Crippen molar-refractivity contribution in [3.05, 3.63) is 29.8 Å². The Kier molecular flexibility index (Phi) is 6.64. The van der Waals surface area contributed by atoms with Crippen LogP contribution in [0.1, 0.15) is 32.3 Å². The molecule has 24 heavy (non-hydrogen) atoms. The lowest BCUT2D eigenvalue weighted by Crippen LogP contribution is -2.44. The van der Waals surface area contributed by atoms with Gasteiger partial charge in [-0.15, -0.1) is 0 Å². The van der Waals surface area contributed by atoms with Gasteiger partial charge in [0.1, 0.15) is 5.75 Å². The van der Waals surface area contributed by atoms with Gasteiger partial charge in [-0.25, -0.2) is 0 Å². The molecule has 1 atom stereocenters. The Morgan fingerprint density at radius 2 is 2.08 bits per heavy atom. The first-order chi connectivity index (χ1) is 11.5. The molecule has 132 valence electrons. The predicted molar refractivity (Wildman–Crippen MR) is 93.8 cm³/mol. The first kappa shape index (κ1) is 18.3. The lowest BCUT2D eigenvalue weighted by atomic mass is 9.97. The Morgan fingerprint density at radius 1 is 1.33 bits per heavy atom. The maximum atomic E-state index is 12.6. The van der Waals surface area contributed by atoms with Crippen molar-refractivity contribution in [2.24, 2.45) is 11.8 Å². The molecule has 1 saturated heterocycles. The van der Waals surface area contributed by atoms with Crippen LogP contribution in [0.2, 0.25) is 0 Å². The van der Waals surface area contributed by atoms with Crippen LogP contribution < -0.4 is 10.1 Å². The van der Waals surface area contributed by atoms with E-state index in [2.05, 4.69) is 5.32 Å². The predicted octanol–water partition coefficient (Wildman–Crippen LogP) is 2.25. The minimum atomic E-state index is -0.00290. The largest absolute Gasteiger partial charge is 0.496 e. The zero-order valence-electron chi connectivity index (χ0n) is 14.9. The van der Waals surface area contributed by atoms with Crippen LogP contribution in [0.5, 0.6) is 5.75 Å². The van der Waals surface area contributed by atoms with Crippen LogP contribution in [-0.4, -0.2) is 43.5 Å². The number of methoxy groups -OCH3 is 1. The average Bonchev–Trinajstić information content (AvgIpc) is 2.60. The highest BCUT2D eigenvalue weighted by Crippen LogP contribution is 2.21. The Balaban J connectivity index is 1.89. The number of piperidine rings is 1. The number of carbonyl (C=O) groups excluding carboxylic acids is 2. The van der Waals surface area contributed by atoms with Gasteiger partial charge in [0.15, 0.2) is 0 Å². The van der Waals surface area contributed by atoms with Gasteiger partial charge in [-0.2, -0.15) is 0 Å². The maximum absolute atomic E-state index is 12.6. The smallest absolute Gasteiger partial charge is 0.227 e. The summed E-state index contributed by atoms with van der Waals surface area (Å²) in [4.78, 5) is 26.2. The summed E-state index contributed by atoms with van der Waals surface area (Å²) in [7, 11) is 1.62. The van der Waals surface area contributed by atoms with Crippen molar-refractivity contribution >= 4 is 11.8 Å². The summed E-state index contributed by atoms with van der Waals surface area (Å²) in [6.45, 7) is 5.93. The third kappa shape index (κ3) is 4.98. The van der Waals surface area contributed by atoms with Gasteiger partial charge in [-0.1, -0.05) is 32.0 Å². The van der Waals surface area contributed by atoms with E-state index < -0.39 is 0 Å². The third-order valence-electron chi connectivity index (χ3n) is 4.50. The Hall–Kier alpha value is -2.04. The second-order valence-corrected chi connectivity index (χ2v) is 6.74. The van der Waals surface area contributed by atoms with E-state index in [1.54, 1.807) is 7.11 Å². The van der Waals surface area contributed by atoms with E-state index in [1.165, 1.54) is 0 Å². The van der Waals surface area contributed by atoms with Crippen molar-refractivity contribution in [1.29, 1.82) is 0 Å². The van der Waals surface area contributed by atoms with Crippen LogP contribution in [0.3, 0.4) is 0 Å². The lowest BCUT2D eigenvalue weighted by Gasteiger charge is -2.33. The minimum absolute atomic E-state index is 0.00290. The average molecular weight is 332 g/mol. The fourth-order valence-corrected chi connectivity index (χ4v) is 3.03. The molecule has 1 fully saturated rings. The van der Waals surface area contributed by atoms with Crippen molar-refractivity contribution in [3.63, 3.8) is 0 Å². The van der Waals surface area contributed by atoms with E-state index >= 15 is 0 Å². The summed E-state index contributed by atoms with van der Waals surface area (Å²) in [5, 5.41) is 2.98. The first-order valence-corrected chi connectivity index (χ1v) is 8.68. The van der Waals surface area contributed by atoms with Crippen molar-refractivity contribution in [1.82, 2.24) is 10.2 Å². The Labute approximate surface area is 144 Å². The molecule has 0 bridgehead atoms. The number of benzene rings is 1. The molecule has 5 nitrogen and oxygen atoms in total. The van der Waals surface area contributed by atoms with E-state index in [9.17, 15) is 9.59 Å². The van der Waals surface area contributed by atoms with Crippen LogP contribution in [0.4, 0.5) is 0 Å². The summed E-state index contributed by atoms with van der Waals surface area (Å²) < 4.78 is 5.32. The van der Waals surface area contributed by atoms with Gasteiger partial charge in [0.05, 0.1) is 13.5 Å². The number of amides is 2. The normalized spacial score (nSPS) is 17.7. The number of hydrogen-bond acceptors (Lipinski definition) is 3. The maximum Gasteiger partial charge on any atom is 0.227 e. The van der Waals surface area contributed by atoms with Crippen molar-refractivity contribution < 1.29 is 14.3 Å². The van der Waals surface area contributed by atoms with Crippen LogP contribution in [-0.2, 0) is 16.0 Å². The molecule has 0 unspecified atom stereocenters. The molecular weight excluding hydrogens is 304 g/mol. The molecule has 0 radical (unpaired) electrons. The number of nitrogens with zero attached hydrogens (tertiary/aromatic N) is 1. The van der Waals surface area contributed by atoms with Gasteiger partial charge >= 0.3 is 0 Å². The standard InChI is InChI=1S/C19H28N2O3/c1-14(2)19(23)20-12-15-7-6-10-21(13-15)18(22)11-16-8-4-5-9-17(16)24-3/h4-5,8-9,14-15H,6-7,10-13H2,1-3H3,(H,20,23)/t15-/m0/s1. The summed E-state index contributed by atoms with van der Waals surface area (Å²) in [5.74, 6) is 1.29. The second-order valence-electron chi connectivity index (χ2n) is 6.74. The van der Waals surface area contributed by atoms with Crippen LogP contribution >= 0.6 is 0 Å². The molecule has 1 aromatic rings. The van der Waals surface area contributed by atoms with Crippen LogP contribution in [0.25, 0.3) is 0 Å². The monoisotopic (exact) mass is 332 g/mol. The number of hydrogen-bond donors (Lipinski definition) is 1.